The molecule has 0 spiro atoms. The zero-order valence-corrected chi connectivity index (χ0v) is 15.2. The minimum absolute atomic E-state index is 0.170. The minimum Gasteiger partial charge on any atom is -0.360 e. The van der Waals surface area contributed by atoms with Crippen LogP contribution in [0.3, 0.4) is 0 Å². The molecule has 0 aromatic carbocycles. The maximum atomic E-state index is 12.8. The lowest BCUT2D eigenvalue weighted by atomic mass is 10.2. The molecule has 2 aliphatic heterocycles. The highest BCUT2D eigenvalue weighted by Gasteiger charge is 2.34. The number of aromatic nitrogens is 3. The second-order valence-corrected chi connectivity index (χ2v) is 6.41. The van der Waals surface area contributed by atoms with E-state index in [9.17, 15) is 4.79 Å². The average Bonchev–Trinajstić information content (AvgIpc) is 3.36. The Morgan fingerprint density at radius 1 is 1.15 bits per heavy atom. The maximum absolute atomic E-state index is 12.8. The quantitative estimate of drug-likeness (QED) is 0.835. The van der Waals surface area contributed by atoms with Gasteiger partial charge >= 0.3 is 0 Å². The van der Waals surface area contributed by atoms with Crippen molar-refractivity contribution in [2.75, 3.05) is 41.8 Å². The summed E-state index contributed by atoms with van der Waals surface area (Å²) in [5.74, 6) is 1.20. The van der Waals surface area contributed by atoms with Crippen LogP contribution in [0.1, 0.15) is 12.8 Å². The van der Waals surface area contributed by atoms with Crippen LogP contribution in [0.25, 0.3) is 0 Å². The number of carbonyl (C=O) groups excluding carboxylic acids is 1. The highest BCUT2D eigenvalue weighted by molar-refractivity contribution is 6.33. The fourth-order valence-corrected chi connectivity index (χ4v) is 3.26. The van der Waals surface area contributed by atoms with Crippen LogP contribution in [0.4, 0.5) is 17.5 Å². The number of nitrogens with zero attached hydrogens (tertiary/aromatic N) is 6. The van der Waals surface area contributed by atoms with E-state index in [4.69, 9.17) is 0 Å². The van der Waals surface area contributed by atoms with Crippen molar-refractivity contribution in [2.24, 2.45) is 4.99 Å². The highest BCUT2D eigenvalue weighted by Crippen LogP contribution is 2.22. The Balaban J connectivity index is 1.50. The summed E-state index contributed by atoms with van der Waals surface area (Å²) in [4.78, 5) is 33.6. The molecule has 0 bridgehead atoms. The van der Waals surface area contributed by atoms with E-state index in [-0.39, 0.29) is 5.91 Å². The molecule has 0 atom stereocenters. The number of carbonyl (C=O) groups is 1. The van der Waals surface area contributed by atoms with Crippen molar-refractivity contribution >= 4 is 29.1 Å². The standard InChI is InChI=1S/C19H21N7O/c1-20-16-13-26(19-21-7-4-8-22-19)18(27)15(16)12-23-14-5-6-17(24-11-14)25-9-2-3-10-25/h4-8,11-12,23H,2-3,9-10,13H2,1H3/b15-12+,20-16?. The lowest BCUT2D eigenvalue weighted by Crippen LogP contribution is -2.26. The van der Waals surface area contributed by atoms with Gasteiger partial charge in [-0.1, -0.05) is 0 Å². The Morgan fingerprint density at radius 2 is 1.93 bits per heavy atom. The van der Waals surface area contributed by atoms with Crippen LogP contribution in [-0.4, -0.2) is 53.3 Å². The first-order chi connectivity index (χ1) is 13.3. The smallest absolute Gasteiger partial charge is 0.264 e. The SMILES string of the molecule is CN=C1CN(c2ncccn2)C(=O)/C1=C/Nc1ccc(N2CCCC2)nc1. The lowest BCUT2D eigenvalue weighted by Gasteiger charge is -2.16. The van der Waals surface area contributed by atoms with Crippen LogP contribution in [-0.2, 0) is 4.79 Å². The minimum atomic E-state index is -0.170. The van der Waals surface area contributed by atoms with Gasteiger partial charge in [0.05, 0.1) is 29.7 Å². The van der Waals surface area contributed by atoms with E-state index in [1.165, 1.54) is 17.7 Å². The number of hydrogen-bond donors (Lipinski definition) is 1. The first kappa shape index (κ1) is 17.1. The van der Waals surface area contributed by atoms with Crippen LogP contribution in [0.15, 0.2) is 53.6 Å². The highest BCUT2D eigenvalue weighted by atomic mass is 16.2. The number of amides is 1. The Bertz CT molecular complexity index is 871. The average molecular weight is 363 g/mol. The van der Waals surface area contributed by atoms with Crippen LogP contribution in [0.2, 0.25) is 0 Å². The van der Waals surface area contributed by atoms with Crippen molar-refractivity contribution in [1.82, 2.24) is 15.0 Å². The molecule has 2 saturated heterocycles. The van der Waals surface area contributed by atoms with E-state index in [0.717, 1.165) is 24.6 Å². The van der Waals surface area contributed by atoms with E-state index >= 15 is 0 Å². The number of anilines is 3. The van der Waals surface area contributed by atoms with Crippen molar-refractivity contribution < 1.29 is 4.79 Å². The van der Waals surface area contributed by atoms with E-state index in [1.807, 2.05) is 12.1 Å². The van der Waals surface area contributed by atoms with Gasteiger partial charge in [-0.3, -0.25) is 14.7 Å². The van der Waals surface area contributed by atoms with Gasteiger partial charge in [-0.15, -0.1) is 0 Å². The van der Waals surface area contributed by atoms with Crippen LogP contribution < -0.4 is 15.1 Å². The van der Waals surface area contributed by atoms with Crippen molar-refractivity contribution in [3.8, 4) is 0 Å². The summed E-state index contributed by atoms with van der Waals surface area (Å²) >= 11 is 0. The number of pyridine rings is 1. The molecule has 4 heterocycles. The second kappa shape index (κ2) is 7.53. The summed E-state index contributed by atoms with van der Waals surface area (Å²) in [5.41, 5.74) is 2.03. The number of hydrogen-bond acceptors (Lipinski definition) is 7. The third kappa shape index (κ3) is 3.51. The molecule has 1 N–H and O–H groups in total. The van der Waals surface area contributed by atoms with Gasteiger partial charge in [-0.2, -0.15) is 0 Å². The molecule has 2 aliphatic rings. The first-order valence-corrected chi connectivity index (χ1v) is 8.99. The van der Waals surface area contributed by atoms with Crippen molar-refractivity contribution in [2.45, 2.75) is 12.8 Å². The van der Waals surface area contributed by atoms with Crippen molar-refractivity contribution in [1.29, 1.82) is 0 Å². The van der Waals surface area contributed by atoms with Crippen LogP contribution in [0, 0.1) is 0 Å². The second-order valence-electron chi connectivity index (χ2n) is 6.41. The van der Waals surface area contributed by atoms with Gasteiger partial charge in [0, 0.05) is 38.7 Å². The Morgan fingerprint density at radius 3 is 2.59 bits per heavy atom. The molecule has 0 aliphatic carbocycles. The molecular formula is C19H21N7O. The Labute approximate surface area is 157 Å². The number of nitrogens with one attached hydrogen (secondary N) is 1. The predicted molar refractivity (Wildman–Crippen MR) is 105 cm³/mol. The predicted octanol–water partition coefficient (Wildman–Crippen LogP) is 1.89. The molecule has 2 aromatic heterocycles. The molecule has 27 heavy (non-hydrogen) atoms. The van der Waals surface area contributed by atoms with E-state index < -0.39 is 0 Å². The molecule has 8 nitrogen and oxygen atoms in total. The van der Waals surface area contributed by atoms with Gasteiger partial charge in [-0.25, -0.2) is 15.0 Å². The fourth-order valence-electron chi connectivity index (χ4n) is 3.26. The van der Waals surface area contributed by atoms with E-state index in [2.05, 4.69) is 30.2 Å². The zero-order valence-electron chi connectivity index (χ0n) is 15.2. The van der Waals surface area contributed by atoms with E-state index in [1.54, 1.807) is 37.9 Å². The summed E-state index contributed by atoms with van der Waals surface area (Å²) in [6, 6.07) is 5.69. The molecular weight excluding hydrogens is 342 g/mol. The summed E-state index contributed by atoms with van der Waals surface area (Å²) in [7, 11) is 1.68. The molecule has 0 unspecified atom stereocenters. The van der Waals surface area contributed by atoms with Crippen molar-refractivity contribution in [3.05, 3.63) is 48.6 Å². The van der Waals surface area contributed by atoms with Gasteiger partial charge in [0.25, 0.3) is 5.91 Å². The summed E-state index contributed by atoms with van der Waals surface area (Å²) < 4.78 is 0. The molecule has 1 amide bonds. The molecule has 0 radical (unpaired) electrons. The summed E-state index contributed by atoms with van der Waals surface area (Å²) in [5, 5.41) is 3.16. The van der Waals surface area contributed by atoms with Crippen molar-refractivity contribution in [3.63, 3.8) is 0 Å². The van der Waals surface area contributed by atoms with Gasteiger partial charge in [0.1, 0.15) is 5.82 Å². The van der Waals surface area contributed by atoms with Crippen LogP contribution >= 0.6 is 0 Å². The summed E-state index contributed by atoms with van der Waals surface area (Å²) in [6.07, 6.45) is 9.14. The maximum Gasteiger partial charge on any atom is 0.264 e. The molecule has 2 aromatic rings. The number of rotatable bonds is 4. The lowest BCUT2D eigenvalue weighted by molar-refractivity contribution is -0.114. The molecule has 138 valence electrons. The third-order valence-corrected chi connectivity index (χ3v) is 4.72. The first-order valence-electron chi connectivity index (χ1n) is 8.99. The van der Waals surface area contributed by atoms with Crippen LogP contribution in [0.5, 0.6) is 0 Å². The largest absolute Gasteiger partial charge is 0.360 e. The molecule has 2 fully saturated rings. The van der Waals surface area contributed by atoms with Gasteiger partial charge in [-0.05, 0) is 31.0 Å². The topological polar surface area (TPSA) is 86.6 Å². The Kier molecular flexibility index (Phi) is 4.78. The third-order valence-electron chi connectivity index (χ3n) is 4.72. The molecule has 4 rings (SSSR count). The fraction of sp³-hybridized carbons (Fsp3) is 0.316. The molecule has 8 heteroatoms. The van der Waals surface area contributed by atoms with Gasteiger partial charge < -0.3 is 10.2 Å². The number of aliphatic imine (C=N–C) groups is 1. The van der Waals surface area contributed by atoms with Gasteiger partial charge in [0.2, 0.25) is 5.95 Å². The zero-order chi connectivity index (χ0) is 18.6. The van der Waals surface area contributed by atoms with Gasteiger partial charge in [0.15, 0.2) is 0 Å². The normalized spacial score (nSPS) is 20.1. The molecule has 0 saturated carbocycles. The van der Waals surface area contributed by atoms with E-state index in [0.29, 0.717) is 23.8 Å². The monoisotopic (exact) mass is 363 g/mol. The summed E-state index contributed by atoms with van der Waals surface area (Å²) in [6.45, 7) is 2.48. The Hall–Kier alpha value is -3.29.